The standard InChI is InChI=1S/C9H13N5O3/c10-13-8-2-1-7(14(16)17)9(12-8)11-5-3-6(15)4-5/h1-2,5-6,15H,3-4,10H2,(H2,11,12,13). The van der Waals surface area contributed by atoms with Crippen LogP contribution in [0.5, 0.6) is 0 Å². The largest absolute Gasteiger partial charge is 0.393 e. The van der Waals surface area contributed by atoms with Crippen molar-refractivity contribution in [1.29, 1.82) is 0 Å². The number of nitrogens with zero attached hydrogens (tertiary/aromatic N) is 2. The molecule has 1 aliphatic carbocycles. The van der Waals surface area contributed by atoms with Gasteiger partial charge in [-0.2, -0.15) is 0 Å². The van der Waals surface area contributed by atoms with Gasteiger partial charge in [0.15, 0.2) is 0 Å². The van der Waals surface area contributed by atoms with Crippen LogP contribution in [-0.2, 0) is 0 Å². The van der Waals surface area contributed by atoms with Crippen molar-refractivity contribution in [2.45, 2.75) is 25.0 Å². The van der Waals surface area contributed by atoms with Crippen molar-refractivity contribution < 1.29 is 10.0 Å². The van der Waals surface area contributed by atoms with Gasteiger partial charge >= 0.3 is 5.69 Å². The van der Waals surface area contributed by atoms with E-state index in [2.05, 4.69) is 15.7 Å². The third-order valence-corrected chi connectivity index (χ3v) is 2.67. The Balaban J connectivity index is 2.19. The fourth-order valence-electron chi connectivity index (χ4n) is 1.68. The average molecular weight is 239 g/mol. The van der Waals surface area contributed by atoms with E-state index in [4.69, 9.17) is 10.9 Å². The number of nitrogen functional groups attached to an aromatic ring is 1. The third-order valence-electron chi connectivity index (χ3n) is 2.67. The third kappa shape index (κ3) is 2.43. The molecule has 8 heteroatoms. The van der Waals surface area contributed by atoms with Gasteiger partial charge in [-0.05, 0) is 18.9 Å². The van der Waals surface area contributed by atoms with Crippen molar-refractivity contribution >= 4 is 17.3 Å². The van der Waals surface area contributed by atoms with Gasteiger partial charge in [0.1, 0.15) is 5.82 Å². The van der Waals surface area contributed by atoms with Crippen LogP contribution in [0.4, 0.5) is 17.3 Å². The van der Waals surface area contributed by atoms with Gasteiger partial charge in [-0.1, -0.05) is 0 Å². The molecule has 0 spiro atoms. The Kier molecular flexibility index (Phi) is 3.07. The molecular weight excluding hydrogens is 226 g/mol. The zero-order chi connectivity index (χ0) is 12.4. The van der Waals surface area contributed by atoms with E-state index in [0.717, 1.165) is 0 Å². The van der Waals surface area contributed by atoms with Crippen LogP contribution in [0.1, 0.15) is 12.8 Å². The van der Waals surface area contributed by atoms with Gasteiger partial charge in [-0.15, -0.1) is 0 Å². The molecule has 2 rings (SSSR count). The van der Waals surface area contributed by atoms with Crippen molar-refractivity contribution in [3.63, 3.8) is 0 Å². The van der Waals surface area contributed by atoms with E-state index in [0.29, 0.717) is 18.7 Å². The summed E-state index contributed by atoms with van der Waals surface area (Å²) in [6.45, 7) is 0. The van der Waals surface area contributed by atoms with Crippen molar-refractivity contribution in [3.05, 3.63) is 22.2 Å². The summed E-state index contributed by atoms with van der Waals surface area (Å²) in [5.41, 5.74) is 2.22. The maximum Gasteiger partial charge on any atom is 0.311 e. The number of aliphatic hydroxyl groups is 1. The number of hydrogen-bond donors (Lipinski definition) is 4. The van der Waals surface area contributed by atoms with Crippen LogP contribution >= 0.6 is 0 Å². The highest BCUT2D eigenvalue weighted by atomic mass is 16.6. The highest BCUT2D eigenvalue weighted by molar-refractivity contribution is 5.60. The minimum atomic E-state index is -0.509. The Hall–Kier alpha value is -1.93. The van der Waals surface area contributed by atoms with E-state index >= 15 is 0 Å². The van der Waals surface area contributed by atoms with Crippen LogP contribution in [0.25, 0.3) is 0 Å². The summed E-state index contributed by atoms with van der Waals surface area (Å²) in [5, 5.41) is 22.9. The first-order valence-electron chi connectivity index (χ1n) is 5.17. The number of nitrogens with two attached hydrogens (primary N) is 1. The summed E-state index contributed by atoms with van der Waals surface area (Å²) in [5.74, 6) is 5.71. The Labute approximate surface area is 97.0 Å². The molecule has 0 unspecified atom stereocenters. The van der Waals surface area contributed by atoms with Gasteiger partial charge in [0.25, 0.3) is 0 Å². The van der Waals surface area contributed by atoms with Gasteiger partial charge in [0.05, 0.1) is 11.0 Å². The van der Waals surface area contributed by atoms with Crippen LogP contribution in [0.15, 0.2) is 12.1 Å². The molecule has 0 bridgehead atoms. The topological polar surface area (TPSA) is 126 Å². The predicted octanol–water partition coefficient (Wildman–Crippen LogP) is 0.211. The number of nitro groups is 1. The molecular formula is C9H13N5O3. The zero-order valence-corrected chi connectivity index (χ0v) is 8.96. The first-order valence-corrected chi connectivity index (χ1v) is 5.17. The van der Waals surface area contributed by atoms with Crippen LogP contribution in [-0.4, -0.2) is 27.2 Å². The highest BCUT2D eigenvalue weighted by Gasteiger charge is 2.29. The Morgan fingerprint density at radius 3 is 2.76 bits per heavy atom. The number of hydrazine groups is 1. The van der Waals surface area contributed by atoms with E-state index in [-0.39, 0.29) is 23.7 Å². The molecule has 17 heavy (non-hydrogen) atoms. The number of aliphatic hydroxyl groups excluding tert-OH is 1. The number of nitrogens with one attached hydrogen (secondary N) is 2. The molecule has 1 aromatic heterocycles. The van der Waals surface area contributed by atoms with E-state index in [1.165, 1.54) is 12.1 Å². The molecule has 8 nitrogen and oxygen atoms in total. The minimum Gasteiger partial charge on any atom is -0.393 e. The first kappa shape index (κ1) is 11.6. The Bertz CT molecular complexity index is 433. The van der Waals surface area contributed by atoms with Crippen molar-refractivity contribution in [3.8, 4) is 0 Å². The fraction of sp³-hybridized carbons (Fsp3) is 0.444. The van der Waals surface area contributed by atoms with Crippen molar-refractivity contribution in [2.75, 3.05) is 10.7 Å². The quantitative estimate of drug-likeness (QED) is 0.336. The molecule has 0 radical (unpaired) electrons. The summed E-state index contributed by atoms with van der Waals surface area (Å²) in [6.07, 6.45) is 0.806. The van der Waals surface area contributed by atoms with Gasteiger partial charge in [0, 0.05) is 12.1 Å². The SMILES string of the molecule is NNc1ccc([N+](=O)[O-])c(NC2CC(O)C2)n1. The van der Waals surface area contributed by atoms with Gasteiger partial charge < -0.3 is 15.8 Å². The summed E-state index contributed by atoms with van der Waals surface area (Å²) in [4.78, 5) is 14.3. The second-order valence-electron chi connectivity index (χ2n) is 3.93. The van der Waals surface area contributed by atoms with Crippen LogP contribution in [0.3, 0.4) is 0 Å². The minimum absolute atomic E-state index is 0.0178. The van der Waals surface area contributed by atoms with E-state index < -0.39 is 4.92 Å². The maximum absolute atomic E-state index is 10.8. The van der Waals surface area contributed by atoms with Crippen LogP contribution in [0, 0.1) is 10.1 Å². The molecule has 1 heterocycles. The number of anilines is 2. The summed E-state index contributed by atoms with van der Waals surface area (Å²) < 4.78 is 0. The van der Waals surface area contributed by atoms with Gasteiger partial charge in [0.2, 0.25) is 5.82 Å². The number of rotatable bonds is 4. The molecule has 1 fully saturated rings. The van der Waals surface area contributed by atoms with Gasteiger partial charge in [-0.25, -0.2) is 10.8 Å². The smallest absolute Gasteiger partial charge is 0.311 e. The monoisotopic (exact) mass is 239 g/mol. The fourth-order valence-corrected chi connectivity index (χ4v) is 1.68. The number of aromatic nitrogens is 1. The normalized spacial score (nSPS) is 22.7. The second-order valence-corrected chi connectivity index (χ2v) is 3.93. The highest BCUT2D eigenvalue weighted by Crippen LogP contribution is 2.29. The Morgan fingerprint density at radius 2 is 2.24 bits per heavy atom. The number of pyridine rings is 1. The van der Waals surface area contributed by atoms with Crippen LogP contribution < -0.4 is 16.6 Å². The molecule has 92 valence electrons. The second kappa shape index (κ2) is 4.52. The van der Waals surface area contributed by atoms with E-state index in [1.807, 2.05) is 0 Å². The molecule has 0 saturated heterocycles. The summed E-state index contributed by atoms with van der Waals surface area (Å²) in [6, 6.07) is 2.78. The first-order chi connectivity index (χ1) is 8.10. The summed E-state index contributed by atoms with van der Waals surface area (Å²) in [7, 11) is 0. The maximum atomic E-state index is 10.8. The van der Waals surface area contributed by atoms with E-state index in [1.54, 1.807) is 0 Å². The van der Waals surface area contributed by atoms with E-state index in [9.17, 15) is 10.1 Å². The Morgan fingerprint density at radius 1 is 1.53 bits per heavy atom. The zero-order valence-electron chi connectivity index (χ0n) is 8.96. The molecule has 0 aliphatic heterocycles. The van der Waals surface area contributed by atoms with Crippen molar-refractivity contribution in [1.82, 2.24) is 4.98 Å². The molecule has 0 amide bonds. The van der Waals surface area contributed by atoms with Crippen molar-refractivity contribution in [2.24, 2.45) is 5.84 Å². The van der Waals surface area contributed by atoms with Gasteiger partial charge in [-0.3, -0.25) is 10.1 Å². The lowest BCUT2D eigenvalue weighted by molar-refractivity contribution is -0.384. The lowest BCUT2D eigenvalue weighted by atomic mass is 9.89. The molecule has 0 atom stereocenters. The number of hydrogen-bond acceptors (Lipinski definition) is 7. The molecule has 0 aromatic carbocycles. The molecule has 1 aromatic rings. The molecule has 1 saturated carbocycles. The lowest BCUT2D eigenvalue weighted by Crippen LogP contribution is -2.39. The summed E-state index contributed by atoms with van der Waals surface area (Å²) >= 11 is 0. The molecule has 5 N–H and O–H groups in total. The average Bonchev–Trinajstić information content (AvgIpc) is 2.26. The van der Waals surface area contributed by atoms with Crippen LogP contribution in [0.2, 0.25) is 0 Å². The molecule has 1 aliphatic rings. The predicted molar refractivity (Wildman–Crippen MR) is 61.4 cm³/mol. The lowest BCUT2D eigenvalue weighted by Gasteiger charge is -2.32.